The SMILES string of the molecule is CCCOCn1c(C)cnc1-c1ccccn1. The summed E-state index contributed by atoms with van der Waals surface area (Å²) in [6.45, 7) is 5.42. The molecule has 2 heterocycles. The maximum Gasteiger partial charge on any atom is 0.160 e. The molecule has 0 unspecified atom stereocenters. The number of ether oxygens (including phenoxy) is 1. The van der Waals surface area contributed by atoms with E-state index >= 15 is 0 Å². The number of hydrogen-bond donors (Lipinski definition) is 0. The number of rotatable bonds is 5. The van der Waals surface area contributed by atoms with Crippen LogP contribution in [0.2, 0.25) is 0 Å². The molecule has 0 N–H and O–H groups in total. The van der Waals surface area contributed by atoms with Crippen LogP contribution in [0.1, 0.15) is 19.0 Å². The molecular formula is C13H17N3O. The molecule has 4 heteroatoms. The van der Waals surface area contributed by atoms with Gasteiger partial charge in [0.15, 0.2) is 5.82 Å². The van der Waals surface area contributed by atoms with Crippen LogP contribution < -0.4 is 0 Å². The molecule has 90 valence electrons. The largest absolute Gasteiger partial charge is 0.361 e. The summed E-state index contributed by atoms with van der Waals surface area (Å²) in [6, 6.07) is 5.82. The van der Waals surface area contributed by atoms with Crippen molar-refractivity contribution in [3.05, 3.63) is 36.3 Å². The molecule has 2 aromatic heterocycles. The lowest BCUT2D eigenvalue weighted by molar-refractivity contribution is 0.0773. The fourth-order valence-electron chi connectivity index (χ4n) is 1.62. The third-order valence-corrected chi connectivity index (χ3v) is 2.52. The van der Waals surface area contributed by atoms with E-state index in [2.05, 4.69) is 16.9 Å². The van der Waals surface area contributed by atoms with Gasteiger partial charge in [-0.2, -0.15) is 0 Å². The first-order valence-corrected chi connectivity index (χ1v) is 5.84. The highest BCUT2D eigenvalue weighted by molar-refractivity contribution is 5.49. The Morgan fingerprint density at radius 2 is 2.18 bits per heavy atom. The molecule has 0 aromatic carbocycles. The highest BCUT2D eigenvalue weighted by Crippen LogP contribution is 2.16. The molecule has 0 saturated heterocycles. The standard InChI is InChI=1S/C13H17N3O/c1-3-8-17-10-16-11(2)9-15-13(16)12-6-4-5-7-14-12/h4-7,9H,3,8,10H2,1-2H3. The fraction of sp³-hybridized carbons (Fsp3) is 0.385. The van der Waals surface area contributed by atoms with Crippen LogP contribution in [0.15, 0.2) is 30.6 Å². The van der Waals surface area contributed by atoms with Gasteiger partial charge < -0.3 is 9.30 Å². The van der Waals surface area contributed by atoms with Crippen LogP contribution in [-0.2, 0) is 11.5 Å². The van der Waals surface area contributed by atoms with E-state index < -0.39 is 0 Å². The molecule has 0 spiro atoms. The summed E-state index contributed by atoms with van der Waals surface area (Å²) >= 11 is 0. The van der Waals surface area contributed by atoms with E-state index in [4.69, 9.17) is 4.74 Å². The number of pyridine rings is 1. The van der Waals surface area contributed by atoms with Gasteiger partial charge in [-0.25, -0.2) is 4.98 Å². The molecular weight excluding hydrogens is 214 g/mol. The highest BCUT2D eigenvalue weighted by atomic mass is 16.5. The lowest BCUT2D eigenvalue weighted by Gasteiger charge is -2.09. The Kier molecular flexibility index (Phi) is 3.88. The van der Waals surface area contributed by atoms with E-state index in [-0.39, 0.29) is 0 Å². The topological polar surface area (TPSA) is 39.9 Å². The monoisotopic (exact) mass is 231 g/mol. The lowest BCUT2D eigenvalue weighted by atomic mass is 10.3. The molecule has 0 amide bonds. The van der Waals surface area contributed by atoms with Crippen LogP contribution in [0.5, 0.6) is 0 Å². The Bertz CT molecular complexity index is 465. The van der Waals surface area contributed by atoms with Gasteiger partial charge in [0, 0.05) is 24.7 Å². The summed E-state index contributed by atoms with van der Waals surface area (Å²) in [6.07, 6.45) is 4.64. The first-order valence-electron chi connectivity index (χ1n) is 5.84. The Morgan fingerprint density at radius 1 is 1.29 bits per heavy atom. The van der Waals surface area contributed by atoms with Gasteiger partial charge in [-0.1, -0.05) is 13.0 Å². The van der Waals surface area contributed by atoms with Crippen molar-refractivity contribution < 1.29 is 4.74 Å². The predicted octanol–water partition coefficient (Wildman–Crippen LogP) is 2.64. The van der Waals surface area contributed by atoms with E-state index in [9.17, 15) is 0 Å². The van der Waals surface area contributed by atoms with Crippen molar-refractivity contribution in [1.29, 1.82) is 0 Å². The minimum atomic E-state index is 0.533. The second-order valence-electron chi connectivity index (χ2n) is 3.90. The molecule has 2 rings (SSSR count). The molecule has 0 atom stereocenters. The van der Waals surface area contributed by atoms with Crippen molar-refractivity contribution in [2.45, 2.75) is 27.0 Å². The van der Waals surface area contributed by atoms with E-state index in [0.29, 0.717) is 6.73 Å². The Labute approximate surface area is 101 Å². The van der Waals surface area contributed by atoms with E-state index in [1.54, 1.807) is 6.20 Å². The second-order valence-corrected chi connectivity index (χ2v) is 3.90. The number of nitrogens with zero attached hydrogens (tertiary/aromatic N) is 3. The molecule has 0 radical (unpaired) electrons. The molecule has 2 aromatic rings. The van der Waals surface area contributed by atoms with Crippen LogP contribution in [0, 0.1) is 6.92 Å². The van der Waals surface area contributed by atoms with Crippen molar-refractivity contribution in [3.63, 3.8) is 0 Å². The highest BCUT2D eigenvalue weighted by Gasteiger charge is 2.09. The number of aryl methyl sites for hydroxylation is 1. The normalized spacial score (nSPS) is 10.7. The van der Waals surface area contributed by atoms with Crippen molar-refractivity contribution >= 4 is 0 Å². The lowest BCUT2D eigenvalue weighted by Crippen LogP contribution is -2.07. The Morgan fingerprint density at radius 3 is 2.88 bits per heavy atom. The minimum absolute atomic E-state index is 0.533. The third-order valence-electron chi connectivity index (χ3n) is 2.52. The van der Waals surface area contributed by atoms with Gasteiger partial charge in [0.05, 0.1) is 0 Å². The maximum atomic E-state index is 5.57. The zero-order valence-electron chi connectivity index (χ0n) is 10.3. The Balaban J connectivity index is 2.23. The zero-order chi connectivity index (χ0) is 12.1. The minimum Gasteiger partial charge on any atom is -0.361 e. The summed E-state index contributed by atoms with van der Waals surface area (Å²) in [5, 5.41) is 0. The van der Waals surface area contributed by atoms with Crippen molar-refractivity contribution in [2.24, 2.45) is 0 Å². The van der Waals surface area contributed by atoms with Crippen LogP contribution in [0.25, 0.3) is 11.5 Å². The summed E-state index contributed by atoms with van der Waals surface area (Å²) < 4.78 is 7.61. The molecule has 0 bridgehead atoms. The maximum absolute atomic E-state index is 5.57. The first kappa shape index (κ1) is 11.8. The van der Waals surface area contributed by atoms with E-state index in [1.165, 1.54) is 0 Å². The van der Waals surface area contributed by atoms with Gasteiger partial charge >= 0.3 is 0 Å². The van der Waals surface area contributed by atoms with E-state index in [0.717, 1.165) is 30.2 Å². The number of aromatic nitrogens is 3. The van der Waals surface area contributed by atoms with Gasteiger partial charge in [-0.05, 0) is 25.5 Å². The molecule has 17 heavy (non-hydrogen) atoms. The molecule has 0 aliphatic carbocycles. The number of hydrogen-bond acceptors (Lipinski definition) is 3. The first-order chi connectivity index (χ1) is 8.33. The summed E-state index contributed by atoms with van der Waals surface area (Å²) in [4.78, 5) is 8.70. The summed E-state index contributed by atoms with van der Waals surface area (Å²) in [7, 11) is 0. The van der Waals surface area contributed by atoms with Crippen molar-refractivity contribution in [3.8, 4) is 11.5 Å². The van der Waals surface area contributed by atoms with Crippen LogP contribution in [0.3, 0.4) is 0 Å². The number of imidazole rings is 1. The van der Waals surface area contributed by atoms with Crippen LogP contribution in [-0.4, -0.2) is 21.1 Å². The van der Waals surface area contributed by atoms with Gasteiger partial charge in [0.1, 0.15) is 12.4 Å². The smallest absolute Gasteiger partial charge is 0.160 e. The van der Waals surface area contributed by atoms with Crippen molar-refractivity contribution in [2.75, 3.05) is 6.61 Å². The molecule has 4 nitrogen and oxygen atoms in total. The summed E-state index contributed by atoms with van der Waals surface area (Å²) in [5.41, 5.74) is 1.96. The van der Waals surface area contributed by atoms with Crippen LogP contribution >= 0.6 is 0 Å². The second kappa shape index (κ2) is 5.59. The fourth-order valence-corrected chi connectivity index (χ4v) is 1.62. The quantitative estimate of drug-likeness (QED) is 0.743. The van der Waals surface area contributed by atoms with Crippen molar-refractivity contribution in [1.82, 2.24) is 14.5 Å². The molecule has 0 aliphatic heterocycles. The summed E-state index contributed by atoms with van der Waals surface area (Å²) in [5.74, 6) is 0.860. The van der Waals surface area contributed by atoms with Gasteiger partial charge in [-0.3, -0.25) is 4.98 Å². The molecule has 0 saturated carbocycles. The third kappa shape index (κ3) is 2.71. The molecule has 0 aliphatic rings. The average Bonchev–Trinajstić information content (AvgIpc) is 2.73. The zero-order valence-corrected chi connectivity index (χ0v) is 10.3. The Hall–Kier alpha value is -1.68. The van der Waals surface area contributed by atoms with E-state index in [1.807, 2.05) is 35.9 Å². The predicted molar refractivity (Wildman–Crippen MR) is 66.4 cm³/mol. The van der Waals surface area contributed by atoms with Gasteiger partial charge in [-0.15, -0.1) is 0 Å². The molecule has 0 fully saturated rings. The van der Waals surface area contributed by atoms with Gasteiger partial charge in [0.25, 0.3) is 0 Å². The van der Waals surface area contributed by atoms with Gasteiger partial charge in [0.2, 0.25) is 0 Å². The van der Waals surface area contributed by atoms with Crippen LogP contribution in [0.4, 0.5) is 0 Å². The average molecular weight is 231 g/mol.